The van der Waals surface area contributed by atoms with Gasteiger partial charge in [0.15, 0.2) is 0 Å². The fourth-order valence-electron chi connectivity index (χ4n) is 2.18. The zero-order valence-electron chi connectivity index (χ0n) is 12.5. The summed E-state index contributed by atoms with van der Waals surface area (Å²) in [6, 6.07) is 8.19. The van der Waals surface area contributed by atoms with E-state index in [4.69, 9.17) is 22.1 Å². The van der Waals surface area contributed by atoms with Crippen LogP contribution in [0, 0.1) is 6.92 Å². The summed E-state index contributed by atoms with van der Waals surface area (Å²) >= 11 is 6.11. The fraction of sp³-hybridized carbons (Fsp3) is 0.353. The summed E-state index contributed by atoms with van der Waals surface area (Å²) in [6.45, 7) is 4.57. The Labute approximate surface area is 131 Å². The molecule has 112 valence electrons. The van der Waals surface area contributed by atoms with Crippen LogP contribution in [0.2, 0.25) is 5.02 Å². The first-order valence-corrected chi connectivity index (χ1v) is 7.54. The highest BCUT2D eigenvalue weighted by atomic mass is 35.5. The fourth-order valence-corrected chi connectivity index (χ4v) is 2.35. The zero-order valence-corrected chi connectivity index (χ0v) is 13.2. The summed E-state index contributed by atoms with van der Waals surface area (Å²) in [5.74, 6) is 0.911. The van der Waals surface area contributed by atoms with Gasteiger partial charge in [-0.25, -0.2) is 0 Å². The molecule has 0 saturated carbocycles. The van der Waals surface area contributed by atoms with Gasteiger partial charge in [-0.2, -0.15) is 0 Å². The molecule has 0 aliphatic carbocycles. The largest absolute Gasteiger partial charge is 0.488 e. The number of aromatic nitrogens is 1. The van der Waals surface area contributed by atoms with Crippen molar-refractivity contribution in [2.24, 2.45) is 5.73 Å². The Morgan fingerprint density at radius 2 is 2.10 bits per heavy atom. The number of nitrogens with two attached hydrogens (primary N) is 1. The van der Waals surface area contributed by atoms with E-state index < -0.39 is 0 Å². The van der Waals surface area contributed by atoms with Crippen molar-refractivity contribution in [3.05, 3.63) is 58.4 Å². The smallest absolute Gasteiger partial charge is 0.125 e. The Morgan fingerprint density at radius 3 is 2.81 bits per heavy atom. The lowest BCUT2D eigenvalue weighted by Crippen LogP contribution is -2.21. The summed E-state index contributed by atoms with van der Waals surface area (Å²) in [5.41, 5.74) is 9.26. The molecule has 0 spiro atoms. The topological polar surface area (TPSA) is 48.1 Å². The summed E-state index contributed by atoms with van der Waals surface area (Å²) in [6.07, 6.45) is 5.11. The molecule has 1 atom stereocenters. The maximum Gasteiger partial charge on any atom is 0.125 e. The van der Waals surface area contributed by atoms with Crippen LogP contribution >= 0.6 is 11.6 Å². The SMILES string of the molecule is CCC(N)Cc1cccc(C)c1OCc1ccncc1Cl. The van der Waals surface area contributed by atoms with Crippen molar-refractivity contribution in [2.75, 3.05) is 0 Å². The normalized spacial score (nSPS) is 12.2. The lowest BCUT2D eigenvalue weighted by Gasteiger charge is -2.17. The molecule has 2 rings (SSSR count). The lowest BCUT2D eigenvalue weighted by molar-refractivity contribution is 0.300. The van der Waals surface area contributed by atoms with E-state index in [1.54, 1.807) is 12.4 Å². The highest BCUT2D eigenvalue weighted by Crippen LogP contribution is 2.26. The average Bonchev–Trinajstić information content (AvgIpc) is 2.48. The molecular formula is C17H21ClN2O. The highest BCUT2D eigenvalue weighted by molar-refractivity contribution is 6.31. The monoisotopic (exact) mass is 304 g/mol. The van der Waals surface area contributed by atoms with Crippen LogP contribution in [0.25, 0.3) is 0 Å². The quantitative estimate of drug-likeness (QED) is 0.880. The van der Waals surface area contributed by atoms with Gasteiger partial charge in [-0.15, -0.1) is 0 Å². The van der Waals surface area contributed by atoms with Crippen molar-refractivity contribution < 1.29 is 4.74 Å². The minimum Gasteiger partial charge on any atom is -0.488 e. The van der Waals surface area contributed by atoms with Crippen LogP contribution in [-0.2, 0) is 13.0 Å². The number of nitrogens with zero attached hydrogens (tertiary/aromatic N) is 1. The molecule has 3 nitrogen and oxygen atoms in total. The number of halogens is 1. The second-order valence-corrected chi connectivity index (χ2v) is 5.60. The first kappa shape index (κ1) is 15.8. The van der Waals surface area contributed by atoms with Gasteiger partial charge >= 0.3 is 0 Å². The van der Waals surface area contributed by atoms with Gasteiger partial charge in [-0.05, 0) is 37.0 Å². The molecular weight excluding hydrogens is 284 g/mol. The molecule has 0 fully saturated rings. The number of benzene rings is 1. The van der Waals surface area contributed by atoms with Gasteiger partial charge in [-0.1, -0.05) is 36.7 Å². The van der Waals surface area contributed by atoms with E-state index in [2.05, 4.69) is 18.0 Å². The Bertz CT molecular complexity index is 601. The second-order valence-electron chi connectivity index (χ2n) is 5.19. The summed E-state index contributed by atoms with van der Waals surface area (Å²) in [7, 11) is 0. The molecule has 0 amide bonds. The maximum atomic E-state index is 6.11. The summed E-state index contributed by atoms with van der Waals surface area (Å²) < 4.78 is 6.01. The van der Waals surface area contributed by atoms with Crippen molar-refractivity contribution in [2.45, 2.75) is 39.3 Å². The van der Waals surface area contributed by atoms with Gasteiger partial charge in [0.1, 0.15) is 12.4 Å². The number of para-hydroxylation sites is 1. The first-order chi connectivity index (χ1) is 10.1. The van der Waals surface area contributed by atoms with Gasteiger partial charge in [-0.3, -0.25) is 4.98 Å². The van der Waals surface area contributed by atoms with E-state index in [0.717, 1.165) is 35.3 Å². The molecule has 2 aromatic rings. The molecule has 1 unspecified atom stereocenters. The molecule has 0 bridgehead atoms. The summed E-state index contributed by atoms with van der Waals surface area (Å²) in [4.78, 5) is 3.98. The van der Waals surface area contributed by atoms with Gasteiger partial charge in [0.25, 0.3) is 0 Å². The maximum absolute atomic E-state index is 6.11. The van der Waals surface area contributed by atoms with Crippen molar-refractivity contribution in [1.82, 2.24) is 4.98 Å². The predicted molar refractivity (Wildman–Crippen MR) is 86.7 cm³/mol. The first-order valence-electron chi connectivity index (χ1n) is 7.17. The number of aryl methyl sites for hydroxylation is 1. The Kier molecular flexibility index (Phi) is 5.59. The molecule has 0 radical (unpaired) electrons. The van der Waals surface area contributed by atoms with E-state index in [0.29, 0.717) is 11.6 Å². The van der Waals surface area contributed by atoms with Crippen LogP contribution in [-0.4, -0.2) is 11.0 Å². The lowest BCUT2D eigenvalue weighted by atomic mass is 10.0. The van der Waals surface area contributed by atoms with Crippen LogP contribution < -0.4 is 10.5 Å². The second kappa shape index (κ2) is 7.43. The minimum atomic E-state index is 0.152. The number of pyridine rings is 1. The van der Waals surface area contributed by atoms with Crippen LogP contribution in [0.15, 0.2) is 36.7 Å². The van der Waals surface area contributed by atoms with Crippen molar-refractivity contribution in [3.63, 3.8) is 0 Å². The third-order valence-corrected chi connectivity index (χ3v) is 3.87. The number of hydrogen-bond donors (Lipinski definition) is 1. The third kappa shape index (κ3) is 4.19. The summed E-state index contributed by atoms with van der Waals surface area (Å²) in [5, 5.41) is 0.623. The van der Waals surface area contributed by atoms with E-state index in [-0.39, 0.29) is 6.04 Å². The van der Waals surface area contributed by atoms with E-state index in [1.165, 1.54) is 0 Å². The Balaban J connectivity index is 2.17. The number of hydrogen-bond acceptors (Lipinski definition) is 3. The van der Waals surface area contributed by atoms with Crippen molar-refractivity contribution >= 4 is 11.6 Å². The average molecular weight is 305 g/mol. The standard InChI is InChI=1S/C17H21ClN2O/c1-3-15(19)9-13-6-4-5-12(2)17(13)21-11-14-7-8-20-10-16(14)18/h4-8,10,15H,3,9,11,19H2,1-2H3. The van der Waals surface area contributed by atoms with E-state index in [9.17, 15) is 0 Å². The molecule has 21 heavy (non-hydrogen) atoms. The number of ether oxygens (including phenoxy) is 1. The number of rotatable bonds is 6. The Hall–Kier alpha value is -1.58. The van der Waals surface area contributed by atoms with E-state index in [1.807, 2.05) is 25.1 Å². The molecule has 0 aliphatic heterocycles. The molecule has 1 aromatic carbocycles. The molecule has 0 aliphatic rings. The van der Waals surface area contributed by atoms with Crippen LogP contribution in [0.3, 0.4) is 0 Å². The van der Waals surface area contributed by atoms with Crippen molar-refractivity contribution in [3.8, 4) is 5.75 Å². The minimum absolute atomic E-state index is 0.152. The van der Waals surface area contributed by atoms with Gasteiger partial charge in [0.2, 0.25) is 0 Å². The van der Waals surface area contributed by atoms with Crippen LogP contribution in [0.4, 0.5) is 0 Å². The highest BCUT2D eigenvalue weighted by Gasteiger charge is 2.11. The van der Waals surface area contributed by atoms with Crippen LogP contribution in [0.1, 0.15) is 30.0 Å². The molecule has 0 saturated heterocycles. The molecule has 1 aromatic heterocycles. The predicted octanol–water partition coefficient (Wildman–Crippen LogP) is 3.90. The Morgan fingerprint density at radius 1 is 1.29 bits per heavy atom. The van der Waals surface area contributed by atoms with Crippen molar-refractivity contribution in [1.29, 1.82) is 0 Å². The third-order valence-electron chi connectivity index (χ3n) is 3.53. The van der Waals surface area contributed by atoms with E-state index >= 15 is 0 Å². The molecule has 2 N–H and O–H groups in total. The van der Waals surface area contributed by atoms with Gasteiger partial charge < -0.3 is 10.5 Å². The molecule has 1 heterocycles. The van der Waals surface area contributed by atoms with Crippen LogP contribution in [0.5, 0.6) is 5.75 Å². The van der Waals surface area contributed by atoms with Gasteiger partial charge in [0, 0.05) is 24.0 Å². The zero-order chi connectivity index (χ0) is 15.2. The van der Waals surface area contributed by atoms with Gasteiger partial charge in [0.05, 0.1) is 5.02 Å². The molecule has 4 heteroatoms.